The third kappa shape index (κ3) is 3.12. The van der Waals surface area contributed by atoms with Crippen LogP contribution in [0.1, 0.15) is 16.2 Å². The molecule has 0 atom stereocenters. The van der Waals surface area contributed by atoms with Gasteiger partial charge >= 0.3 is 0 Å². The van der Waals surface area contributed by atoms with Crippen LogP contribution in [0, 0.1) is 5.82 Å². The van der Waals surface area contributed by atoms with Crippen LogP contribution in [0.3, 0.4) is 0 Å². The van der Waals surface area contributed by atoms with E-state index in [9.17, 15) is 9.18 Å². The molecule has 1 aliphatic rings. The van der Waals surface area contributed by atoms with E-state index in [1.165, 1.54) is 6.07 Å². The normalized spacial score (nSPS) is 13.6. The summed E-state index contributed by atoms with van der Waals surface area (Å²) in [7, 11) is 0. The van der Waals surface area contributed by atoms with Crippen molar-refractivity contribution >= 4 is 22.4 Å². The van der Waals surface area contributed by atoms with Gasteiger partial charge in [0.2, 0.25) is 0 Å². The van der Waals surface area contributed by atoms with E-state index < -0.39 is 0 Å². The maximum Gasteiger partial charge on any atom is 0.276 e. The molecule has 4 aromatic rings. The number of aromatic nitrogens is 2. The second-order valence-electron chi connectivity index (χ2n) is 6.91. The van der Waals surface area contributed by atoms with Crippen LogP contribution in [0.5, 0.6) is 5.75 Å². The fraction of sp³-hybridized carbons (Fsp3) is 0.130. The number of hydrogen-bond acceptors (Lipinski definition) is 3. The number of anilines is 1. The molecular formula is C23H18FN3O2. The maximum absolute atomic E-state index is 14.2. The van der Waals surface area contributed by atoms with Crippen molar-refractivity contribution in [1.82, 2.24) is 9.78 Å². The highest BCUT2D eigenvalue weighted by atomic mass is 19.1. The van der Waals surface area contributed by atoms with E-state index in [2.05, 4.69) is 5.10 Å². The third-order valence-electron chi connectivity index (χ3n) is 5.10. The van der Waals surface area contributed by atoms with Gasteiger partial charge in [0.15, 0.2) is 0 Å². The van der Waals surface area contributed by atoms with Gasteiger partial charge in [-0.25, -0.2) is 4.39 Å². The molecule has 0 fully saturated rings. The Balaban J connectivity index is 1.43. The van der Waals surface area contributed by atoms with Crippen molar-refractivity contribution in [2.45, 2.75) is 13.2 Å². The third-order valence-corrected chi connectivity index (χ3v) is 5.10. The number of benzene rings is 3. The molecule has 144 valence electrons. The van der Waals surface area contributed by atoms with Crippen molar-refractivity contribution < 1.29 is 13.9 Å². The smallest absolute Gasteiger partial charge is 0.276 e. The zero-order valence-electron chi connectivity index (χ0n) is 15.6. The molecule has 1 aliphatic heterocycles. The summed E-state index contributed by atoms with van der Waals surface area (Å²) in [6, 6.07) is 21.5. The Hall–Kier alpha value is -3.67. The van der Waals surface area contributed by atoms with Crippen molar-refractivity contribution in [1.29, 1.82) is 0 Å². The van der Waals surface area contributed by atoms with Crippen LogP contribution in [0.4, 0.5) is 10.1 Å². The van der Waals surface area contributed by atoms with Gasteiger partial charge in [0.1, 0.15) is 29.6 Å². The molecule has 5 rings (SSSR count). The Morgan fingerprint density at radius 2 is 1.69 bits per heavy atom. The molecule has 5 nitrogen and oxygen atoms in total. The number of ether oxygens (including phenoxy) is 1. The van der Waals surface area contributed by atoms with E-state index in [1.54, 1.807) is 33.8 Å². The molecular weight excluding hydrogens is 369 g/mol. The van der Waals surface area contributed by atoms with Gasteiger partial charge < -0.3 is 9.64 Å². The van der Waals surface area contributed by atoms with Gasteiger partial charge in [0, 0.05) is 17.3 Å². The van der Waals surface area contributed by atoms with E-state index in [0.29, 0.717) is 35.6 Å². The lowest BCUT2D eigenvalue weighted by Gasteiger charge is -2.28. The standard InChI is InChI=1S/C23H18FN3O2/c24-20-10-11-21(19-9-5-4-8-18(19)20)26-12-13-27-22(23(26)28)14-16(25-27)15-29-17-6-2-1-3-7-17/h1-11,14H,12-13,15H2. The average Bonchev–Trinajstić information content (AvgIpc) is 3.19. The van der Waals surface area contributed by atoms with Crippen molar-refractivity contribution in [2.24, 2.45) is 0 Å². The lowest BCUT2D eigenvalue weighted by molar-refractivity contribution is 0.0962. The number of rotatable bonds is 4. The number of amides is 1. The van der Waals surface area contributed by atoms with E-state index >= 15 is 0 Å². The molecule has 0 aliphatic carbocycles. The average molecular weight is 387 g/mol. The van der Waals surface area contributed by atoms with Gasteiger partial charge in [-0.3, -0.25) is 9.48 Å². The number of carbonyl (C=O) groups is 1. The zero-order chi connectivity index (χ0) is 19.8. The summed E-state index contributed by atoms with van der Waals surface area (Å²) >= 11 is 0. The fourth-order valence-electron chi connectivity index (χ4n) is 3.70. The summed E-state index contributed by atoms with van der Waals surface area (Å²) in [5.41, 5.74) is 1.92. The minimum absolute atomic E-state index is 0.147. The summed E-state index contributed by atoms with van der Waals surface area (Å²) in [5, 5.41) is 5.74. The van der Waals surface area contributed by atoms with Gasteiger partial charge in [-0.1, -0.05) is 42.5 Å². The Labute approximate surface area is 166 Å². The van der Waals surface area contributed by atoms with Crippen molar-refractivity contribution in [3.8, 4) is 5.75 Å². The molecule has 2 heterocycles. The first-order chi connectivity index (χ1) is 14.2. The van der Waals surface area contributed by atoms with Crippen molar-refractivity contribution in [2.75, 3.05) is 11.4 Å². The van der Waals surface area contributed by atoms with Crippen LogP contribution in [0.2, 0.25) is 0 Å². The maximum atomic E-state index is 14.2. The Kier molecular flexibility index (Phi) is 4.24. The summed E-state index contributed by atoms with van der Waals surface area (Å²) in [5.74, 6) is 0.315. The van der Waals surface area contributed by atoms with Gasteiger partial charge in [0.05, 0.1) is 12.2 Å². The summed E-state index contributed by atoms with van der Waals surface area (Å²) in [6.45, 7) is 1.33. The first-order valence-electron chi connectivity index (χ1n) is 9.44. The van der Waals surface area contributed by atoms with Gasteiger partial charge in [-0.2, -0.15) is 5.10 Å². The highest BCUT2D eigenvalue weighted by molar-refractivity contribution is 6.10. The summed E-state index contributed by atoms with van der Waals surface area (Å²) in [6.07, 6.45) is 0. The lowest BCUT2D eigenvalue weighted by Crippen LogP contribution is -2.40. The van der Waals surface area contributed by atoms with Crippen LogP contribution in [0.25, 0.3) is 10.8 Å². The Morgan fingerprint density at radius 3 is 2.52 bits per heavy atom. The molecule has 0 N–H and O–H groups in total. The molecule has 0 radical (unpaired) electrons. The SMILES string of the molecule is O=C1c2cc(COc3ccccc3)nn2CCN1c1ccc(F)c2ccccc12. The molecule has 0 spiro atoms. The van der Waals surface area contributed by atoms with Crippen LogP contribution >= 0.6 is 0 Å². The number of fused-ring (bicyclic) bond motifs is 2. The van der Waals surface area contributed by atoms with Gasteiger partial charge in [0.25, 0.3) is 5.91 Å². The molecule has 3 aromatic carbocycles. The lowest BCUT2D eigenvalue weighted by atomic mass is 10.1. The van der Waals surface area contributed by atoms with E-state index in [1.807, 2.05) is 42.5 Å². The molecule has 0 saturated heterocycles. The van der Waals surface area contributed by atoms with Gasteiger partial charge in [-0.15, -0.1) is 0 Å². The number of hydrogen-bond donors (Lipinski definition) is 0. The minimum Gasteiger partial charge on any atom is -0.487 e. The highest BCUT2D eigenvalue weighted by Gasteiger charge is 2.28. The van der Waals surface area contributed by atoms with Crippen molar-refractivity contribution in [3.05, 3.63) is 90.0 Å². The van der Waals surface area contributed by atoms with Crippen LogP contribution in [0.15, 0.2) is 72.8 Å². The quantitative estimate of drug-likeness (QED) is 0.521. The second kappa shape index (κ2) is 7.05. The monoisotopic (exact) mass is 387 g/mol. The fourth-order valence-corrected chi connectivity index (χ4v) is 3.70. The van der Waals surface area contributed by atoms with Crippen molar-refractivity contribution in [3.63, 3.8) is 0 Å². The predicted octanol–water partition coefficient (Wildman–Crippen LogP) is 4.41. The van der Waals surface area contributed by atoms with Crippen LogP contribution in [-0.2, 0) is 13.2 Å². The number of nitrogens with zero attached hydrogens (tertiary/aromatic N) is 3. The van der Waals surface area contributed by atoms with E-state index in [0.717, 1.165) is 11.1 Å². The second-order valence-corrected chi connectivity index (χ2v) is 6.91. The van der Waals surface area contributed by atoms with Gasteiger partial charge in [-0.05, 0) is 30.3 Å². The summed E-state index contributed by atoms with van der Waals surface area (Å²) in [4.78, 5) is 14.9. The van der Waals surface area contributed by atoms with Crippen LogP contribution < -0.4 is 9.64 Å². The number of halogens is 1. The highest BCUT2D eigenvalue weighted by Crippen LogP contribution is 2.31. The first-order valence-corrected chi connectivity index (χ1v) is 9.44. The Morgan fingerprint density at radius 1 is 0.931 bits per heavy atom. The van der Waals surface area contributed by atoms with E-state index in [4.69, 9.17) is 4.74 Å². The molecule has 1 aromatic heterocycles. The topological polar surface area (TPSA) is 47.4 Å². The van der Waals surface area contributed by atoms with Crippen LogP contribution in [-0.4, -0.2) is 22.2 Å². The minimum atomic E-state index is -0.292. The largest absolute Gasteiger partial charge is 0.487 e. The first kappa shape index (κ1) is 17.4. The molecule has 6 heteroatoms. The predicted molar refractivity (Wildman–Crippen MR) is 109 cm³/mol. The molecule has 29 heavy (non-hydrogen) atoms. The number of para-hydroxylation sites is 1. The molecule has 1 amide bonds. The summed E-state index contributed by atoms with van der Waals surface area (Å²) < 4.78 is 21.6. The zero-order valence-corrected chi connectivity index (χ0v) is 15.6. The molecule has 0 unspecified atom stereocenters. The van der Waals surface area contributed by atoms with E-state index in [-0.39, 0.29) is 18.3 Å². The molecule has 0 saturated carbocycles. The molecule has 0 bridgehead atoms. The number of carbonyl (C=O) groups excluding carboxylic acids is 1. The Bertz CT molecular complexity index is 1200.